The van der Waals surface area contributed by atoms with E-state index >= 15 is 0 Å². The number of hydrogen-bond acceptors (Lipinski definition) is 2. The van der Waals surface area contributed by atoms with Crippen molar-refractivity contribution >= 4 is 0 Å². The summed E-state index contributed by atoms with van der Waals surface area (Å²) in [5.41, 5.74) is 4.15. The molecular formula is C13H14FN3. The van der Waals surface area contributed by atoms with Gasteiger partial charge in [0, 0.05) is 25.1 Å². The number of benzene rings is 1. The highest BCUT2D eigenvalue weighted by Gasteiger charge is 2.15. The standard InChI is InChI=1S/C13H14FN3/c1-8-6-9(14)2-3-10(8)13-16-11-4-5-15-7-12(11)17-13/h2-3,6,15H,4-5,7H2,1H3,(H,16,17). The molecule has 0 spiro atoms. The van der Waals surface area contributed by atoms with E-state index in [0.717, 1.165) is 47.8 Å². The largest absolute Gasteiger partial charge is 0.341 e. The van der Waals surface area contributed by atoms with Gasteiger partial charge in [-0.25, -0.2) is 9.37 Å². The summed E-state index contributed by atoms with van der Waals surface area (Å²) >= 11 is 0. The van der Waals surface area contributed by atoms with Gasteiger partial charge >= 0.3 is 0 Å². The zero-order chi connectivity index (χ0) is 11.8. The lowest BCUT2D eigenvalue weighted by molar-refractivity contribution is 0.627. The molecule has 3 nitrogen and oxygen atoms in total. The Hall–Kier alpha value is -1.68. The Bertz CT molecular complexity index is 536. The van der Waals surface area contributed by atoms with Gasteiger partial charge in [0.1, 0.15) is 11.6 Å². The fourth-order valence-corrected chi connectivity index (χ4v) is 2.24. The summed E-state index contributed by atoms with van der Waals surface area (Å²) in [7, 11) is 0. The van der Waals surface area contributed by atoms with E-state index in [4.69, 9.17) is 0 Å². The molecule has 4 heteroatoms. The minimum Gasteiger partial charge on any atom is -0.341 e. The second-order valence-corrected chi connectivity index (χ2v) is 4.40. The van der Waals surface area contributed by atoms with Crippen molar-refractivity contribution in [3.05, 3.63) is 41.0 Å². The normalized spacial score (nSPS) is 14.7. The van der Waals surface area contributed by atoms with Gasteiger partial charge in [-0.15, -0.1) is 0 Å². The van der Waals surface area contributed by atoms with Crippen LogP contribution in [0.4, 0.5) is 4.39 Å². The highest BCUT2D eigenvalue weighted by atomic mass is 19.1. The molecule has 0 atom stereocenters. The van der Waals surface area contributed by atoms with Gasteiger partial charge in [-0.05, 0) is 30.7 Å². The van der Waals surface area contributed by atoms with Crippen molar-refractivity contribution in [2.75, 3.05) is 6.54 Å². The Morgan fingerprint density at radius 3 is 3.00 bits per heavy atom. The van der Waals surface area contributed by atoms with Crippen molar-refractivity contribution in [1.82, 2.24) is 15.3 Å². The van der Waals surface area contributed by atoms with Crippen molar-refractivity contribution in [3.8, 4) is 11.4 Å². The maximum Gasteiger partial charge on any atom is 0.138 e. The Morgan fingerprint density at radius 2 is 2.24 bits per heavy atom. The van der Waals surface area contributed by atoms with E-state index in [1.54, 1.807) is 6.07 Å². The molecule has 1 aliphatic heterocycles. The summed E-state index contributed by atoms with van der Waals surface area (Å²) in [4.78, 5) is 7.91. The number of rotatable bonds is 1. The predicted molar refractivity (Wildman–Crippen MR) is 64.1 cm³/mol. The smallest absolute Gasteiger partial charge is 0.138 e. The minimum absolute atomic E-state index is 0.204. The summed E-state index contributed by atoms with van der Waals surface area (Å²) < 4.78 is 13.0. The van der Waals surface area contributed by atoms with Gasteiger partial charge in [-0.2, -0.15) is 0 Å². The Kier molecular flexibility index (Phi) is 2.44. The molecule has 0 aliphatic carbocycles. The van der Waals surface area contributed by atoms with Crippen molar-refractivity contribution in [3.63, 3.8) is 0 Å². The summed E-state index contributed by atoms with van der Waals surface area (Å²) in [6.07, 6.45) is 0.950. The average molecular weight is 231 g/mol. The number of hydrogen-bond donors (Lipinski definition) is 2. The zero-order valence-electron chi connectivity index (χ0n) is 9.68. The SMILES string of the molecule is Cc1cc(F)ccc1-c1nc2c([nH]1)CNCC2. The minimum atomic E-state index is -0.204. The van der Waals surface area contributed by atoms with E-state index in [9.17, 15) is 4.39 Å². The highest BCUT2D eigenvalue weighted by molar-refractivity contribution is 5.60. The number of nitrogens with one attached hydrogen (secondary N) is 2. The molecule has 0 unspecified atom stereocenters. The average Bonchev–Trinajstić information content (AvgIpc) is 2.72. The second-order valence-electron chi connectivity index (χ2n) is 4.40. The van der Waals surface area contributed by atoms with E-state index < -0.39 is 0 Å². The van der Waals surface area contributed by atoms with Crippen molar-refractivity contribution in [1.29, 1.82) is 0 Å². The number of H-pyrrole nitrogens is 1. The first-order valence-electron chi connectivity index (χ1n) is 5.79. The number of imidazole rings is 1. The highest BCUT2D eigenvalue weighted by Crippen LogP contribution is 2.23. The molecule has 2 aromatic rings. The van der Waals surface area contributed by atoms with Crippen LogP contribution in [0.25, 0.3) is 11.4 Å². The number of halogens is 1. The topological polar surface area (TPSA) is 40.7 Å². The van der Waals surface area contributed by atoms with Crippen LogP contribution in [-0.2, 0) is 13.0 Å². The van der Waals surface area contributed by atoms with E-state index in [1.807, 2.05) is 6.92 Å². The molecule has 17 heavy (non-hydrogen) atoms. The summed E-state index contributed by atoms with van der Waals surface area (Å²) in [5.74, 6) is 0.639. The maximum atomic E-state index is 13.0. The van der Waals surface area contributed by atoms with E-state index in [2.05, 4.69) is 15.3 Å². The molecule has 0 amide bonds. The van der Waals surface area contributed by atoms with Crippen LogP contribution in [0.5, 0.6) is 0 Å². The third kappa shape index (κ3) is 1.85. The van der Waals surface area contributed by atoms with Gasteiger partial charge in [0.05, 0.1) is 11.4 Å². The quantitative estimate of drug-likeness (QED) is 0.789. The van der Waals surface area contributed by atoms with Crippen LogP contribution in [0.1, 0.15) is 17.0 Å². The van der Waals surface area contributed by atoms with Gasteiger partial charge in [-0.3, -0.25) is 0 Å². The Labute approximate surface area is 99.1 Å². The lowest BCUT2D eigenvalue weighted by Gasteiger charge is -2.09. The van der Waals surface area contributed by atoms with Gasteiger partial charge in [0.15, 0.2) is 0 Å². The number of aromatic nitrogens is 2. The Morgan fingerprint density at radius 1 is 1.35 bits per heavy atom. The zero-order valence-corrected chi connectivity index (χ0v) is 9.68. The van der Waals surface area contributed by atoms with Gasteiger partial charge in [-0.1, -0.05) is 0 Å². The van der Waals surface area contributed by atoms with Crippen LogP contribution in [-0.4, -0.2) is 16.5 Å². The monoisotopic (exact) mass is 231 g/mol. The maximum absolute atomic E-state index is 13.0. The predicted octanol–water partition coefficient (Wildman–Crippen LogP) is 2.17. The van der Waals surface area contributed by atoms with E-state index in [1.165, 1.54) is 12.1 Å². The van der Waals surface area contributed by atoms with Crippen LogP contribution in [0.2, 0.25) is 0 Å². The number of nitrogens with zero attached hydrogens (tertiary/aromatic N) is 1. The summed E-state index contributed by atoms with van der Waals surface area (Å²) in [6, 6.07) is 4.79. The first-order valence-corrected chi connectivity index (χ1v) is 5.79. The van der Waals surface area contributed by atoms with Crippen LogP contribution < -0.4 is 5.32 Å². The first kappa shape index (κ1) is 10.5. The molecule has 0 bridgehead atoms. The van der Waals surface area contributed by atoms with Crippen LogP contribution >= 0.6 is 0 Å². The molecule has 88 valence electrons. The second kappa shape index (κ2) is 3.96. The molecule has 0 fully saturated rings. The van der Waals surface area contributed by atoms with E-state index in [0.29, 0.717) is 0 Å². The number of aromatic amines is 1. The third-order valence-electron chi connectivity index (χ3n) is 3.15. The molecular weight excluding hydrogens is 217 g/mol. The molecule has 2 N–H and O–H groups in total. The van der Waals surface area contributed by atoms with Crippen LogP contribution in [0, 0.1) is 12.7 Å². The van der Waals surface area contributed by atoms with Gasteiger partial charge < -0.3 is 10.3 Å². The molecule has 0 saturated carbocycles. The fourth-order valence-electron chi connectivity index (χ4n) is 2.24. The van der Waals surface area contributed by atoms with E-state index in [-0.39, 0.29) is 5.82 Å². The van der Waals surface area contributed by atoms with Crippen LogP contribution in [0.3, 0.4) is 0 Å². The molecule has 0 saturated heterocycles. The van der Waals surface area contributed by atoms with Crippen molar-refractivity contribution < 1.29 is 4.39 Å². The molecule has 1 aliphatic rings. The molecule has 2 heterocycles. The lowest BCUT2D eigenvalue weighted by Crippen LogP contribution is -2.23. The third-order valence-corrected chi connectivity index (χ3v) is 3.15. The van der Waals surface area contributed by atoms with Crippen LogP contribution in [0.15, 0.2) is 18.2 Å². The van der Waals surface area contributed by atoms with Crippen molar-refractivity contribution in [2.24, 2.45) is 0 Å². The summed E-state index contributed by atoms with van der Waals surface area (Å²) in [5, 5.41) is 3.30. The fraction of sp³-hybridized carbons (Fsp3) is 0.308. The Balaban J connectivity index is 2.06. The van der Waals surface area contributed by atoms with Gasteiger partial charge in [0.25, 0.3) is 0 Å². The number of aryl methyl sites for hydroxylation is 1. The first-order chi connectivity index (χ1) is 8.24. The molecule has 1 aromatic heterocycles. The molecule has 1 aromatic carbocycles. The molecule has 3 rings (SSSR count). The lowest BCUT2D eigenvalue weighted by atomic mass is 10.1. The van der Waals surface area contributed by atoms with Gasteiger partial charge in [0.2, 0.25) is 0 Å². The van der Waals surface area contributed by atoms with Crippen molar-refractivity contribution in [2.45, 2.75) is 19.9 Å². The number of fused-ring (bicyclic) bond motifs is 1. The summed E-state index contributed by atoms with van der Waals surface area (Å²) in [6.45, 7) is 3.71. The molecule has 0 radical (unpaired) electrons.